The zero-order valence-corrected chi connectivity index (χ0v) is 12.5. The minimum atomic E-state index is 0.457. The number of aryl methyl sites for hydroxylation is 1. The lowest BCUT2D eigenvalue weighted by Crippen LogP contribution is -2.21. The molecular weight excluding hydrogens is 258 g/mol. The molecule has 2 rings (SSSR count). The lowest BCUT2D eigenvalue weighted by Gasteiger charge is -2.16. The van der Waals surface area contributed by atoms with Crippen LogP contribution in [-0.4, -0.2) is 12.3 Å². The average Bonchev–Trinajstić information content (AvgIpc) is 2.82. The predicted molar refractivity (Wildman–Crippen MR) is 82.6 cm³/mol. The van der Waals surface area contributed by atoms with E-state index in [0.29, 0.717) is 6.04 Å². The van der Waals surface area contributed by atoms with E-state index in [1.54, 1.807) is 0 Å². The van der Waals surface area contributed by atoms with Gasteiger partial charge in [0.1, 0.15) is 0 Å². The second-order valence-corrected chi connectivity index (χ2v) is 6.60. The molecular formula is C15H19NS2. The van der Waals surface area contributed by atoms with Crippen LogP contribution in [0.4, 0.5) is 0 Å². The van der Waals surface area contributed by atoms with Crippen LogP contribution < -0.4 is 5.32 Å². The van der Waals surface area contributed by atoms with Crippen LogP contribution in [0.3, 0.4) is 0 Å². The summed E-state index contributed by atoms with van der Waals surface area (Å²) >= 11 is 3.81. The molecule has 96 valence electrons. The number of benzene rings is 1. The normalized spacial score (nSPS) is 12.6. The highest BCUT2D eigenvalue weighted by molar-refractivity contribution is 7.99. The first-order valence-corrected chi connectivity index (χ1v) is 8.07. The molecule has 0 radical (unpaired) electrons. The van der Waals surface area contributed by atoms with Crippen molar-refractivity contribution in [3.8, 4) is 0 Å². The van der Waals surface area contributed by atoms with Gasteiger partial charge in [0.2, 0.25) is 0 Å². The van der Waals surface area contributed by atoms with Gasteiger partial charge in [-0.3, -0.25) is 0 Å². The molecule has 18 heavy (non-hydrogen) atoms. The average molecular weight is 277 g/mol. The van der Waals surface area contributed by atoms with Gasteiger partial charge in [-0.05, 0) is 37.7 Å². The van der Waals surface area contributed by atoms with Gasteiger partial charge in [-0.1, -0.05) is 25.1 Å². The van der Waals surface area contributed by atoms with Gasteiger partial charge in [0.15, 0.2) is 0 Å². The highest BCUT2D eigenvalue weighted by Gasteiger charge is 2.12. The van der Waals surface area contributed by atoms with Gasteiger partial charge in [-0.25, -0.2) is 0 Å². The second-order valence-electron chi connectivity index (χ2n) is 4.18. The van der Waals surface area contributed by atoms with E-state index >= 15 is 0 Å². The van der Waals surface area contributed by atoms with Crippen molar-refractivity contribution in [1.82, 2.24) is 5.32 Å². The first-order valence-electron chi connectivity index (χ1n) is 6.27. The van der Waals surface area contributed by atoms with Crippen molar-refractivity contribution in [3.05, 3.63) is 52.2 Å². The maximum absolute atomic E-state index is 3.57. The summed E-state index contributed by atoms with van der Waals surface area (Å²) < 4.78 is 0. The highest BCUT2D eigenvalue weighted by Crippen LogP contribution is 2.28. The van der Waals surface area contributed by atoms with E-state index in [4.69, 9.17) is 0 Å². The highest BCUT2D eigenvalue weighted by atomic mass is 32.2. The molecule has 0 aliphatic carbocycles. The zero-order valence-electron chi connectivity index (χ0n) is 10.8. The summed E-state index contributed by atoms with van der Waals surface area (Å²) in [6, 6.07) is 15.5. The number of hydrogen-bond donors (Lipinski definition) is 1. The molecule has 0 fully saturated rings. The zero-order chi connectivity index (χ0) is 12.8. The van der Waals surface area contributed by atoms with Gasteiger partial charge < -0.3 is 5.32 Å². The van der Waals surface area contributed by atoms with Crippen LogP contribution >= 0.6 is 23.1 Å². The van der Waals surface area contributed by atoms with Crippen LogP contribution in [0.15, 0.2) is 47.4 Å². The van der Waals surface area contributed by atoms with Gasteiger partial charge in [0.25, 0.3) is 0 Å². The van der Waals surface area contributed by atoms with E-state index in [-0.39, 0.29) is 0 Å². The first-order chi connectivity index (χ1) is 8.79. The number of rotatable bonds is 6. The summed E-state index contributed by atoms with van der Waals surface area (Å²) in [6.07, 6.45) is 0. The Morgan fingerprint density at radius 3 is 2.56 bits per heavy atom. The molecule has 1 nitrogen and oxygen atoms in total. The minimum absolute atomic E-state index is 0.457. The maximum Gasteiger partial charge on any atom is 0.0510 e. The van der Waals surface area contributed by atoms with E-state index in [1.165, 1.54) is 14.6 Å². The Labute approximate surface area is 118 Å². The molecule has 1 heterocycles. The molecule has 0 spiro atoms. The standard InChI is InChI=1S/C15H19NS2/c1-3-16-14(15-10-9-12(2)18-15)11-17-13-7-5-4-6-8-13/h4-10,14,16H,3,11H2,1-2H3. The Kier molecular flexibility index (Phi) is 5.29. The van der Waals surface area contributed by atoms with Crippen LogP contribution in [0.5, 0.6) is 0 Å². The van der Waals surface area contributed by atoms with Crippen LogP contribution in [0.25, 0.3) is 0 Å². The fourth-order valence-corrected chi connectivity index (χ4v) is 3.89. The molecule has 1 unspecified atom stereocenters. The molecule has 2 aromatic rings. The molecule has 0 saturated carbocycles. The van der Waals surface area contributed by atoms with E-state index in [1.807, 2.05) is 23.1 Å². The Hall–Kier alpha value is -0.770. The molecule has 0 aliphatic rings. The molecule has 3 heteroatoms. The van der Waals surface area contributed by atoms with Crippen molar-refractivity contribution in [2.45, 2.75) is 24.8 Å². The monoisotopic (exact) mass is 277 g/mol. The van der Waals surface area contributed by atoms with Crippen molar-refractivity contribution in [3.63, 3.8) is 0 Å². The van der Waals surface area contributed by atoms with Crippen LogP contribution in [-0.2, 0) is 0 Å². The van der Waals surface area contributed by atoms with E-state index < -0.39 is 0 Å². The molecule has 1 aromatic carbocycles. The lowest BCUT2D eigenvalue weighted by atomic mass is 10.2. The van der Waals surface area contributed by atoms with E-state index in [0.717, 1.165) is 12.3 Å². The van der Waals surface area contributed by atoms with Crippen molar-refractivity contribution in [2.24, 2.45) is 0 Å². The maximum atomic E-state index is 3.57. The Morgan fingerprint density at radius 1 is 1.17 bits per heavy atom. The molecule has 0 amide bonds. The summed E-state index contributed by atoms with van der Waals surface area (Å²) in [5.41, 5.74) is 0. The van der Waals surface area contributed by atoms with Gasteiger partial charge in [0, 0.05) is 20.4 Å². The smallest absolute Gasteiger partial charge is 0.0510 e. The van der Waals surface area contributed by atoms with Gasteiger partial charge >= 0.3 is 0 Å². The SMILES string of the molecule is CCNC(CSc1ccccc1)c1ccc(C)s1. The lowest BCUT2D eigenvalue weighted by molar-refractivity contribution is 0.615. The summed E-state index contributed by atoms with van der Waals surface area (Å²) in [5.74, 6) is 1.08. The Morgan fingerprint density at radius 2 is 1.94 bits per heavy atom. The predicted octanol–water partition coefficient (Wildman–Crippen LogP) is 4.50. The second kappa shape index (κ2) is 6.98. The molecule has 1 atom stereocenters. The molecule has 1 N–H and O–H groups in total. The van der Waals surface area contributed by atoms with Gasteiger partial charge in [0.05, 0.1) is 6.04 Å². The van der Waals surface area contributed by atoms with Crippen LogP contribution in [0, 0.1) is 6.92 Å². The third kappa shape index (κ3) is 3.87. The fraction of sp³-hybridized carbons (Fsp3) is 0.333. The van der Waals surface area contributed by atoms with Crippen molar-refractivity contribution >= 4 is 23.1 Å². The molecule has 0 aliphatic heterocycles. The third-order valence-electron chi connectivity index (χ3n) is 2.71. The largest absolute Gasteiger partial charge is 0.309 e. The summed E-state index contributed by atoms with van der Waals surface area (Å²) in [7, 11) is 0. The Balaban J connectivity index is 1.98. The first kappa shape index (κ1) is 13.7. The van der Waals surface area contributed by atoms with Crippen LogP contribution in [0.1, 0.15) is 22.7 Å². The molecule has 0 bridgehead atoms. The quantitative estimate of drug-likeness (QED) is 0.780. The number of thiophene rings is 1. The number of hydrogen-bond acceptors (Lipinski definition) is 3. The summed E-state index contributed by atoms with van der Waals surface area (Å²) in [6.45, 7) is 5.35. The number of thioether (sulfide) groups is 1. The topological polar surface area (TPSA) is 12.0 Å². The molecule has 1 aromatic heterocycles. The number of nitrogens with one attached hydrogen (secondary N) is 1. The van der Waals surface area contributed by atoms with Gasteiger partial charge in [-0.15, -0.1) is 23.1 Å². The summed E-state index contributed by atoms with van der Waals surface area (Å²) in [4.78, 5) is 4.17. The van der Waals surface area contributed by atoms with E-state index in [2.05, 4.69) is 61.6 Å². The van der Waals surface area contributed by atoms with Crippen LogP contribution in [0.2, 0.25) is 0 Å². The fourth-order valence-electron chi connectivity index (χ4n) is 1.83. The van der Waals surface area contributed by atoms with Gasteiger partial charge in [-0.2, -0.15) is 0 Å². The molecule has 0 saturated heterocycles. The minimum Gasteiger partial charge on any atom is -0.309 e. The van der Waals surface area contributed by atoms with Crippen molar-refractivity contribution in [1.29, 1.82) is 0 Å². The third-order valence-corrected chi connectivity index (χ3v) is 4.93. The summed E-state index contributed by atoms with van der Waals surface area (Å²) in [5, 5.41) is 3.57. The van der Waals surface area contributed by atoms with Crippen molar-refractivity contribution < 1.29 is 0 Å². The van der Waals surface area contributed by atoms with Crippen molar-refractivity contribution in [2.75, 3.05) is 12.3 Å². The Bertz CT molecular complexity index is 464. The van der Waals surface area contributed by atoms with E-state index in [9.17, 15) is 0 Å².